The lowest BCUT2D eigenvalue weighted by atomic mass is 10.3. The number of pyridine rings is 1. The normalized spacial score (nSPS) is 9.76. The van der Waals surface area contributed by atoms with Crippen molar-refractivity contribution in [3.63, 3.8) is 0 Å². The van der Waals surface area contributed by atoms with Crippen LogP contribution >= 0.6 is 0 Å². The molecule has 1 aromatic heterocycles. The highest BCUT2D eigenvalue weighted by molar-refractivity contribution is 5.91. The lowest BCUT2D eigenvalue weighted by Crippen LogP contribution is -2.15. The first kappa shape index (κ1) is 13.2. The number of anilines is 1. The molecule has 0 aliphatic carbocycles. The molecule has 0 fully saturated rings. The third-order valence-electron chi connectivity index (χ3n) is 2.02. The monoisotopic (exact) mass is 236 g/mol. The van der Waals surface area contributed by atoms with Gasteiger partial charge < -0.3 is 10.1 Å². The van der Waals surface area contributed by atoms with Crippen LogP contribution in [0, 0.1) is 6.92 Å². The van der Waals surface area contributed by atoms with Gasteiger partial charge in [-0.2, -0.15) is 0 Å². The molecule has 0 saturated carbocycles. The number of aryl methyl sites for hydroxylation is 1. The second-order valence-electron chi connectivity index (χ2n) is 3.52. The number of amides is 1. The fourth-order valence-corrected chi connectivity index (χ4v) is 1.27. The van der Waals surface area contributed by atoms with Gasteiger partial charge in [-0.3, -0.25) is 9.59 Å². The molecular formula is C12H16N2O3. The van der Waals surface area contributed by atoms with Crippen molar-refractivity contribution in [2.24, 2.45) is 0 Å². The number of rotatable bonds is 5. The second-order valence-corrected chi connectivity index (χ2v) is 3.52. The van der Waals surface area contributed by atoms with E-state index in [0.717, 1.165) is 5.69 Å². The number of aromatic nitrogens is 1. The zero-order valence-corrected chi connectivity index (χ0v) is 10.0. The van der Waals surface area contributed by atoms with Crippen LogP contribution in [0.1, 0.15) is 25.5 Å². The second kappa shape index (κ2) is 6.62. The highest BCUT2D eigenvalue weighted by Crippen LogP contribution is 2.05. The predicted octanol–water partition coefficient (Wildman–Crippen LogP) is 1.67. The number of hydrogen-bond donors (Lipinski definition) is 1. The van der Waals surface area contributed by atoms with Gasteiger partial charge in [-0.25, -0.2) is 4.98 Å². The fourth-order valence-electron chi connectivity index (χ4n) is 1.27. The minimum absolute atomic E-state index is 0.0888. The van der Waals surface area contributed by atoms with Crippen LogP contribution in [0.2, 0.25) is 0 Å². The summed E-state index contributed by atoms with van der Waals surface area (Å²) >= 11 is 0. The van der Waals surface area contributed by atoms with E-state index in [2.05, 4.69) is 10.3 Å². The van der Waals surface area contributed by atoms with Crippen LogP contribution in [0.3, 0.4) is 0 Å². The summed E-state index contributed by atoms with van der Waals surface area (Å²) in [5.41, 5.74) is 0.827. The van der Waals surface area contributed by atoms with Crippen molar-refractivity contribution < 1.29 is 14.3 Å². The first-order chi connectivity index (χ1) is 8.11. The van der Waals surface area contributed by atoms with Crippen LogP contribution in [-0.2, 0) is 14.3 Å². The summed E-state index contributed by atoms with van der Waals surface area (Å²) in [5.74, 6) is -0.102. The van der Waals surface area contributed by atoms with E-state index in [-0.39, 0.29) is 24.7 Å². The molecule has 1 rings (SSSR count). The van der Waals surface area contributed by atoms with E-state index in [1.807, 2.05) is 19.1 Å². The number of nitrogens with one attached hydrogen (secondary N) is 1. The van der Waals surface area contributed by atoms with Crippen molar-refractivity contribution in [2.75, 3.05) is 11.9 Å². The average molecular weight is 236 g/mol. The van der Waals surface area contributed by atoms with Crippen LogP contribution < -0.4 is 5.32 Å². The Kier molecular flexibility index (Phi) is 5.13. The number of carbonyl (C=O) groups excluding carboxylic acids is 2. The molecule has 92 valence electrons. The van der Waals surface area contributed by atoms with E-state index in [0.29, 0.717) is 12.4 Å². The van der Waals surface area contributed by atoms with Gasteiger partial charge >= 0.3 is 5.97 Å². The Bertz CT molecular complexity index is 404. The van der Waals surface area contributed by atoms with Gasteiger partial charge in [0, 0.05) is 12.1 Å². The molecular weight excluding hydrogens is 220 g/mol. The summed E-state index contributed by atoms with van der Waals surface area (Å²) in [6.45, 7) is 3.91. The van der Waals surface area contributed by atoms with Gasteiger partial charge in [0.1, 0.15) is 5.82 Å². The van der Waals surface area contributed by atoms with Crippen molar-refractivity contribution in [3.8, 4) is 0 Å². The number of esters is 1. The molecule has 0 aromatic carbocycles. The average Bonchev–Trinajstić information content (AvgIpc) is 2.27. The van der Waals surface area contributed by atoms with Crippen molar-refractivity contribution in [3.05, 3.63) is 23.9 Å². The lowest BCUT2D eigenvalue weighted by Gasteiger charge is -2.04. The van der Waals surface area contributed by atoms with E-state index in [1.54, 1.807) is 13.0 Å². The van der Waals surface area contributed by atoms with Gasteiger partial charge in [-0.05, 0) is 26.0 Å². The van der Waals surface area contributed by atoms with E-state index < -0.39 is 0 Å². The Balaban J connectivity index is 2.37. The third kappa shape index (κ3) is 5.10. The standard InChI is InChI=1S/C12H16N2O3/c1-3-17-12(16)8-7-11(15)14-10-6-4-5-9(2)13-10/h4-6H,3,7-8H2,1-2H3,(H,13,14,15). The maximum atomic E-state index is 11.5. The van der Waals surface area contributed by atoms with E-state index >= 15 is 0 Å². The van der Waals surface area contributed by atoms with Crippen molar-refractivity contribution in [1.82, 2.24) is 4.98 Å². The van der Waals surface area contributed by atoms with Crippen molar-refractivity contribution >= 4 is 17.7 Å². The summed E-state index contributed by atoms with van der Waals surface area (Å²) < 4.78 is 4.73. The summed E-state index contributed by atoms with van der Waals surface area (Å²) in [6, 6.07) is 5.35. The molecule has 1 heterocycles. The van der Waals surface area contributed by atoms with Crippen molar-refractivity contribution in [1.29, 1.82) is 0 Å². The Hall–Kier alpha value is -1.91. The quantitative estimate of drug-likeness (QED) is 0.789. The van der Waals surface area contributed by atoms with Gasteiger partial charge in [-0.15, -0.1) is 0 Å². The number of nitrogens with zero attached hydrogens (tertiary/aromatic N) is 1. The summed E-state index contributed by atoms with van der Waals surface area (Å²) in [6.07, 6.45) is 0.194. The first-order valence-electron chi connectivity index (χ1n) is 5.51. The molecule has 0 unspecified atom stereocenters. The van der Waals surface area contributed by atoms with E-state index in [1.165, 1.54) is 0 Å². The third-order valence-corrected chi connectivity index (χ3v) is 2.02. The summed E-state index contributed by atoms with van der Waals surface area (Å²) in [5, 5.41) is 2.62. The molecule has 0 spiro atoms. The van der Waals surface area contributed by atoms with Gasteiger partial charge in [0.15, 0.2) is 0 Å². The lowest BCUT2D eigenvalue weighted by molar-refractivity contribution is -0.144. The highest BCUT2D eigenvalue weighted by Gasteiger charge is 2.08. The SMILES string of the molecule is CCOC(=O)CCC(=O)Nc1cccc(C)n1. The Morgan fingerprint density at radius 3 is 2.76 bits per heavy atom. The minimum Gasteiger partial charge on any atom is -0.466 e. The molecule has 1 N–H and O–H groups in total. The van der Waals surface area contributed by atoms with Crippen LogP contribution in [0.25, 0.3) is 0 Å². The molecule has 0 bridgehead atoms. The molecule has 0 saturated heterocycles. The zero-order valence-electron chi connectivity index (χ0n) is 10.0. The molecule has 5 heteroatoms. The van der Waals surface area contributed by atoms with Crippen LogP contribution in [0.5, 0.6) is 0 Å². The van der Waals surface area contributed by atoms with E-state index in [9.17, 15) is 9.59 Å². The smallest absolute Gasteiger partial charge is 0.306 e. The summed E-state index contributed by atoms with van der Waals surface area (Å²) in [7, 11) is 0. The number of carbonyl (C=O) groups is 2. The first-order valence-corrected chi connectivity index (χ1v) is 5.51. The highest BCUT2D eigenvalue weighted by atomic mass is 16.5. The molecule has 0 aliphatic rings. The zero-order chi connectivity index (χ0) is 12.7. The van der Waals surface area contributed by atoms with Crippen LogP contribution in [0.15, 0.2) is 18.2 Å². The van der Waals surface area contributed by atoms with Crippen molar-refractivity contribution in [2.45, 2.75) is 26.7 Å². The Morgan fingerprint density at radius 2 is 2.12 bits per heavy atom. The molecule has 1 aromatic rings. The molecule has 5 nitrogen and oxygen atoms in total. The van der Waals surface area contributed by atoms with Gasteiger partial charge in [0.05, 0.1) is 13.0 Å². The molecule has 17 heavy (non-hydrogen) atoms. The maximum absolute atomic E-state index is 11.5. The van der Waals surface area contributed by atoms with Gasteiger partial charge in [0.25, 0.3) is 0 Å². The van der Waals surface area contributed by atoms with E-state index in [4.69, 9.17) is 4.74 Å². The largest absolute Gasteiger partial charge is 0.466 e. The van der Waals surface area contributed by atoms with Gasteiger partial charge in [-0.1, -0.05) is 6.07 Å². The summed E-state index contributed by atoms with van der Waals surface area (Å²) in [4.78, 5) is 26.6. The van der Waals surface area contributed by atoms with Crippen LogP contribution in [0.4, 0.5) is 5.82 Å². The Labute approximate surface area is 100 Å². The predicted molar refractivity (Wildman–Crippen MR) is 63.5 cm³/mol. The number of hydrogen-bond acceptors (Lipinski definition) is 4. The fraction of sp³-hybridized carbons (Fsp3) is 0.417. The minimum atomic E-state index is -0.361. The molecule has 0 atom stereocenters. The van der Waals surface area contributed by atoms with Gasteiger partial charge in [0.2, 0.25) is 5.91 Å². The Morgan fingerprint density at radius 1 is 1.35 bits per heavy atom. The molecule has 0 radical (unpaired) electrons. The molecule has 0 aliphatic heterocycles. The maximum Gasteiger partial charge on any atom is 0.306 e. The number of ether oxygens (including phenoxy) is 1. The van der Waals surface area contributed by atoms with Crippen LogP contribution in [-0.4, -0.2) is 23.5 Å². The topological polar surface area (TPSA) is 68.3 Å². The molecule has 1 amide bonds.